The summed E-state index contributed by atoms with van der Waals surface area (Å²) in [6, 6.07) is 4.84. The maximum atomic E-state index is 12.0. The molecule has 9 heteroatoms. The maximum Gasteiger partial charge on any atom is 0.328 e. The van der Waals surface area contributed by atoms with E-state index in [4.69, 9.17) is 9.15 Å². The molecule has 0 aliphatic heterocycles. The van der Waals surface area contributed by atoms with Gasteiger partial charge in [-0.25, -0.2) is 14.8 Å². The summed E-state index contributed by atoms with van der Waals surface area (Å²) in [7, 11) is 1.25. The molecule has 136 valence electrons. The zero-order valence-electron chi connectivity index (χ0n) is 14.4. The van der Waals surface area contributed by atoms with E-state index in [0.29, 0.717) is 5.75 Å². The van der Waals surface area contributed by atoms with Gasteiger partial charge in [0, 0.05) is 6.07 Å². The number of methoxy groups -OCH3 is 1. The summed E-state index contributed by atoms with van der Waals surface area (Å²) in [5.41, 5.74) is 0.930. The highest BCUT2D eigenvalue weighted by Gasteiger charge is 2.19. The van der Waals surface area contributed by atoms with Gasteiger partial charge in [-0.05, 0) is 26.0 Å². The number of carbonyl (C=O) groups excluding carboxylic acids is 2. The first-order chi connectivity index (χ1) is 12.5. The van der Waals surface area contributed by atoms with E-state index in [1.54, 1.807) is 11.3 Å². The van der Waals surface area contributed by atoms with Crippen LogP contribution in [0, 0.1) is 6.92 Å². The summed E-state index contributed by atoms with van der Waals surface area (Å²) >= 11 is 1.62. The van der Waals surface area contributed by atoms with Crippen molar-refractivity contribution < 1.29 is 23.5 Å². The van der Waals surface area contributed by atoms with Gasteiger partial charge in [0.15, 0.2) is 12.3 Å². The third-order valence-corrected chi connectivity index (χ3v) is 4.47. The molecule has 0 spiro atoms. The lowest BCUT2D eigenvalue weighted by molar-refractivity contribution is -0.142. The van der Waals surface area contributed by atoms with Gasteiger partial charge in [-0.1, -0.05) is 0 Å². The zero-order valence-corrected chi connectivity index (χ0v) is 15.3. The van der Waals surface area contributed by atoms with E-state index in [2.05, 4.69) is 20.0 Å². The molecule has 8 nitrogen and oxygen atoms in total. The minimum atomic E-state index is -0.780. The Balaban J connectivity index is 1.60. The summed E-state index contributed by atoms with van der Waals surface area (Å²) < 4.78 is 16.5. The van der Waals surface area contributed by atoms with Gasteiger partial charge in [-0.3, -0.25) is 4.79 Å². The predicted molar refractivity (Wildman–Crippen MR) is 94.1 cm³/mol. The first-order valence-electron chi connectivity index (χ1n) is 7.79. The van der Waals surface area contributed by atoms with Crippen LogP contribution in [0.2, 0.25) is 0 Å². The third-order valence-electron chi connectivity index (χ3n) is 3.51. The molecular formula is C17H17N3O5S. The summed E-state index contributed by atoms with van der Waals surface area (Å²) in [6.07, 6.45) is 1.21. The monoisotopic (exact) mass is 375 g/mol. The number of aromatic nitrogens is 2. The van der Waals surface area contributed by atoms with Crippen molar-refractivity contribution in [1.29, 1.82) is 0 Å². The fraction of sp³-hybridized carbons (Fsp3) is 0.294. The molecule has 1 N–H and O–H groups in total. The number of hydrogen-bond acceptors (Lipinski definition) is 8. The average molecular weight is 375 g/mol. The number of rotatable bonds is 6. The minimum absolute atomic E-state index is 0.0601. The maximum absolute atomic E-state index is 12.0. The Hall–Kier alpha value is -2.94. The van der Waals surface area contributed by atoms with Crippen molar-refractivity contribution in [2.75, 3.05) is 7.11 Å². The number of ether oxygens (including phenoxy) is 2. The molecule has 0 saturated carbocycles. The molecule has 0 bridgehead atoms. The normalized spacial score (nSPS) is 12.0. The first kappa shape index (κ1) is 17.9. The highest BCUT2D eigenvalue weighted by atomic mass is 32.1. The minimum Gasteiger partial charge on any atom is -0.484 e. The summed E-state index contributed by atoms with van der Waals surface area (Å²) in [6.45, 7) is 3.53. The number of carbonyl (C=O) groups is 2. The molecule has 26 heavy (non-hydrogen) atoms. The molecule has 0 aliphatic rings. The van der Waals surface area contributed by atoms with E-state index in [0.717, 1.165) is 15.2 Å². The largest absolute Gasteiger partial charge is 0.484 e. The van der Waals surface area contributed by atoms with E-state index < -0.39 is 17.9 Å². The molecule has 3 aromatic rings. The van der Waals surface area contributed by atoms with Gasteiger partial charge in [0.1, 0.15) is 18.1 Å². The van der Waals surface area contributed by atoms with Crippen LogP contribution < -0.4 is 10.1 Å². The standard InChI is InChI=1S/C17H17N3O5S/c1-9(17(22)23-3)18-16(21)13-7-25-15(20-13)8-24-11-4-5-14-12(6-11)19-10(2)26-14/h4-7,9H,8H2,1-3H3,(H,18,21)/t9-/m1/s1. The van der Waals surface area contributed by atoms with Crippen molar-refractivity contribution in [3.05, 3.63) is 41.1 Å². The van der Waals surface area contributed by atoms with Crippen LogP contribution >= 0.6 is 11.3 Å². The summed E-state index contributed by atoms with van der Waals surface area (Å²) in [4.78, 5) is 31.8. The van der Waals surface area contributed by atoms with Crippen molar-refractivity contribution in [3.8, 4) is 5.75 Å². The average Bonchev–Trinajstić information content (AvgIpc) is 3.24. The number of nitrogens with zero attached hydrogens (tertiary/aromatic N) is 2. The van der Waals surface area contributed by atoms with Crippen LogP contribution in [-0.4, -0.2) is 35.0 Å². The van der Waals surface area contributed by atoms with E-state index in [1.807, 2.05) is 25.1 Å². The van der Waals surface area contributed by atoms with Crippen LogP contribution in [0.25, 0.3) is 10.2 Å². The predicted octanol–water partition coefficient (Wildman–Crippen LogP) is 2.46. The quantitative estimate of drug-likeness (QED) is 0.660. The highest BCUT2D eigenvalue weighted by molar-refractivity contribution is 7.18. The molecule has 0 aliphatic carbocycles. The Morgan fingerprint density at radius 2 is 2.15 bits per heavy atom. The van der Waals surface area contributed by atoms with Gasteiger partial charge < -0.3 is 19.2 Å². The summed E-state index contributed by atoms with van der Waals surface area (Å²) in [5, 5.41) is 3.46. The van der Waals surface area contributed by atoms with Gasteiger partial charge in [0.2, 0.25) is 5.89 Å². The van der Waals surface area contributed by atoms with Gasteiger partial charge >= 0.3 is 5.97 Å². The molecule has 2 aromatic heterocycles. The molecule has 0 unspecified atom stereocenters. The smallest absolute Gasteiger partial charge is 0.328 e. The molecule has 1 amide bonds. The fourth-order valence-corrected chi connectivity index (χ4v) is 3.05. The lowest BCUT2D eigenvalue weighted by atomic mass is 10.3. The molecule has 0 fully saturated rings. The summed E-state index contributed by atoms with van der Waals surface area (Å²) in [5.74, 6) is -0.197. The second-order valence-electron chi connectivity index (χ2n) is 5.50. The van der Waals surface area contributed by atoms with Gasteiger partial charge in [0.05, 0.1) is 22.3 Å². The Bertz CT molecular complexity index is 949. The molecule has 0 saturated heterocycles. The van der Waals surface area contributed by atoms with Crippen molar-refractivity contribution in [1.82, 2.24) is 15.3 Å². The fourth-order valence-electron chi connectivity index (χ4n) is 2.25. The number of aryl methyl sites for hydroxylation is 1. The highest BCUT2D eigenvalue weighted by Crippen LogP contribution is 2.25. The van der Waals surface area contributed by atoms with Crippen molar-refractivity contribution in [2.24, 2.45) is 0 Å². The molecule has 2 heterocycles. The number of hydrogen-bond donors (Lipinski definition) is 1. The lowest BCUT2D eigenvalue weighted by Gasteiger charge is -2.09. The third kappa shape index (κ3) is 3.99. The van der Waals surface area contributed by atoms with E-state index in [-0.39, 0.29) is 18.2 Å². The van der Waals surface area contributed by atoms with Crippen LogP contribution in [0.5, 0.6) is 5.75 Å². The lowest BCUT2D eigenvalue weighted by Crippen LogP contribution is -2.39. The number of nitrogens with one attached hydrogen (secondary N) is 1. The number of amides is 1. The van der Waals surface area contributed by atoms with E-state index in [1.165, 1.54) is 20.3 Å². The molecule has 0 radical (unpaired) electrons. The Morgan fingerprint density at radius 3 is 2.92 bits per heavy atom. The van der Waals surface area contributed by atoms with Crippen molar-refractivity contribution in [2.45, 2.75) is 26.5 Å². The zero-order chi connectivity index (χ0) is 18.7. The van der Waals surface area contributed by atoms with Crippen molar-refractivity contribution >= 4 is 33.4 Å². The number of thiazole rings is 1. The van der Waals surface area contributed by atoms with Crippen LogP contribution in [0.15, 0.2) is 28.9 Å². The van der Waals surface area contributed by atoms with Crippen molar-refractivity contribution in [3.63, 3.8) is 0 Å². The molecule has 3 rings (SSSR count). The molecular weight excluding hydrogens is 358 g/mol. The van der Waals surface area contributed by atoms with Gasteiger partial charge in [0.25, 0.3) is 5.91 Å². The van der Waals surface area contributed by atoms with Gasteiger partial charge in [-0.15, -0.1) is 11.3 Å². The van der Waals surface area contributed by atoms with Crippen LogP contribution in [-0.2, 0) is 16.1 Å². The molecule has 1 aromatic carbocycles. The first-order valence-corrected chi connectivity index (χ1v) is 8.61. The van der Waals surface area contributed by atoms with E-state index in [9.17, 15) is 9.59 Å². The number of benzene rings is 1. The second kappa shape index (κ2) is 7.52. The van der Waals surface area contributed by atoms with E-state index >= 15 is 0 Å². The van der Waals surface area contributed by atoms with Crippen LogP contribution in [0.4, 0.5) is 0 Å². The SMILES string of the molecule is COC(=O)[C@@H](C)NC(=O)c1coc(COc2ccc3sc(C)nc3c2)n1. The Kier molecular flexibility index (Phi) is 5.17. The number of oxazole rings is 1. The number of fused-ring (bicyclic) bond motifs is 1. The number of esters is 1. The molecule has 1 atom stereocenters. The Labute approximate surface area is 153 Å². The van der Waals surface area contributed by atoms with Crippen LogP contribution in [0.3, 0.4) is 0 Å². The topological polar surface area (TPSA) is 104 Å². The Morgan fingerprint density at radius 1 is 1.35 bits per heavy atom. The van der Waals surface area contributed by atoms with Gasteiger partial charge in [-0.2, -0.15) is 0 Å². The second-order valence-corrected chi connectivity index (χ2v) is 6.73. The van der Waals surface area contributed by atoms with Crippen LogP contribution in [0.1, 0.15) is 28.3 Å².